The van der Waals surface area contributed by atoms with E-state index in [0.29, 0.717) is 48.1 Å². The molecule has 12 heteroatoms. The Morgan fingerprint density at radius 2 is 2.12 bits per heavy atom. The van der Waals surface area contributed by atoms with Crippen LogP contribution < -0.4 is 16.0 Å². The van der Waals surface area contributed by atoms with Gasteiger partial charge in [-0.15, -0.1) is 0 Å². The van der Waals surface area contributed by atoms with Crippen molar-refractivity contribution in [3.63, 3.8) is 0 Å². The number of carbonyl (C=O) groups is 1. The number of benzene rings is 1. The van der Waals surface area contributed by atoms with Crippen LogP contribution in [0.15, 0.2) is 41.2 Å². The molecule has 4 aromatic rings. The van der Waals surface area contributed by atoms with Gasteiger partial charge in [0.05, 0.1) is 35.9 Å². The summed E-state index contributed by atoms with van der Waals surface area (Å²) in [7, 11) is 0. The lowest BCUT2D eigenvalue weighted by atomic mass is 9.97. The van der Waals surface area contributed by atoms with Crippen molar-refractivity contribution < 1.29 is 18.7 Å². The molecule has 1 aliphatic heterocycles. The van der Waals surface area contributed by atoms with E-state index < -0.39 is 11.5 Å². The van der Waals surface area contributed by atoms with Gasteiger partial charge in [0, 0.05) is 31.3 Å². The van der Waals surface area contributed by atoms with Gasteiger partial charge in [-0.05, 0) is 26.0 Å². The summed E-state index contributed by atoms with van der Waals surface area (Å²) in [5.41, 5.74) is 6.82. The number of nitrogens with zero attached hydrogens (tertiary/aromatic N) is 6. The summed E-state index contributed by atoms with van der Waals surface area (Å²) in [5, 5.41) is 17.1. The first-order chi connectivity index (χ1) is 16.1. The molecule has 4 N–H and O–H groups in total. The molecule has 0 aliphatic carbocycles. The molecule has 1 aromatic carbocycles. The highest BCUT2D eigenvalue weighted by Crippen LogP contribution is 2.33. The van der Waals surface area contributed by atoms with Gasteiger partial charge in [-0.3, -0.25) is 9.48 Å². The summed E-state index contributed by atoms with van der Waals surface area (Å²) in [6.45, 7) is 4.78. The fourth-order valence-corrected chi connectivity index (χ4v) is 3.75. The minimum atomic E-state index is -0.923. The first-order valence-electron chi connectivity index (χ1n) is 10.6. The number of primary amides is 1. The minimum absolute atomic E-state index is 0.000865. The smallest absolute Gasteiger partial charge is 0.298 e. The fourth-order valence-electron chi connectivity index (χ4n) is 3.75. The van der Waals surface area contributed by atoms with Gasteiger partial charge in [0.15, 0.2) is 17.1 Å². The topological polar surface area (TPSA) is 148 Å². The molecule has 3 aromatic heterocycles. The van der Waals surface area contributed by atoms with Crippen molar-refractivity contribution in [2.45, 2.75) is 31.9 Å². The number of nitrogens with one attached hydrogen (secondary N) is 1. The van der Waals surface area contributed by atoms with E-state index in [0.717, 1.165) is 0 Å². The summed E-state index contributed by atoms with van der Waals surface area (Å²) < 4.78 is 20.6. The van der Waals surface area contributed by atoms with Crippen molar-refractivity contribution in [3.05, 3.63) is 54.0 Å². The highest BCUT2D eigenvalue weighted by Gasteiger charge is 2.33. The van der Waals surface area contributed by atoms with Crippen LogP contribution in [0.1, 0.15) is 35.9 Å². The molecule has 1 amide bonds. The van der Waals surface area contributed by atoms with Crippen LogP contribution in [0.5, 0.6) is 0 Å². The molecule has 4 heterocycles. The zero-order valence-electron chi connectivity index (χ0n) is 18.6. The Labute approximate surface area is 193 Å². The van der Waals surface area contributed by atoms with Crippen LogP contribution in [0.3, 0.4) is 0 Å². The predicted octanol–water partition coefficient (Wildman–Crippen LogP) is 2.17. The number of halogens is 1. The second-order valence-electron chi connectivity index (χ2n) is 8.93. The van der Waals surface area contributed by atoms with Gasteiger partial charge in [0.1, 0.15) is 11.3 Å². The van der Waals surface area contributed by atoms with Crippen molar-refractivity contribution in [2.24, 2.45) is 5.73 Å². The number of oxazole rings is 1. The molecule has 5 rings (SSSR count). The Bertz CT molecular complexity index is 1370. The highest BCUT2D eigenvalue weighted by molar-refractivity contribution is 5.96. The first-order valence-corrected chi connectivity index (χ1v) is 10.6. The Kier molecular flexibility index (Phi) is 5.16. The molecule has 1 aliphatic rings. The molecule has 0 bridgehead atoms. The number of hydrogen-bond acceptors (Lipinski definition) is 9. The lowest BCUT2D eigenvalue weighted by molar-refractivity contribution is 0.0577. The number of hydrogen-bond donors (Lipinski definition) is 3. The molecule has 11 nitrogen and oxygen atoms in total. The van der Waals surface area contributed by atoms with E-state index in [-0.39, 0.29) is 23.2 Å². The van der Waals surface area contributed by atoms with Crippen LogP contribution in [0.2, 0.25) is 0 Å². The summed E-state index contributed by atoms with van der Waals surface area (Å²) >= 11 is 0. The summed E-state index contributed by atoms with van der Waals surface area (Å²) in [6.07, 6.45) is 4.84. The molecule has 176 valence electrons. The van der Waals surface area contributed by atoms with Crippen molar-refractivity contribution in [1.29, 1.82) is 0 Å². The average Bonchev–Trinajstić information content (AvgIpc) is 3.32. The molecule has 0 atom stereocenters. The van der Waals surface area contributed by atoms with Crippen LogP contribution >= 0.6 is 0 Å². The number of rotatable bonds is 7. The second-order valence-corrected chi connectivity index (χ2v) is 8.93. The van der Waals surface area contributed by atoms with Crippen LogP contribution in [0.25, 0.3) is 11.1 Å². The van der Waals surface area contributed by atoms with Crippen molar-refractivity contribution in [1.82, 2.24) is 24.7 Å². The largest absolute Gasteiger partial charge is 0.423 e. The van der Waals surface area contributed by atoms with Gasteiger partial charge >= 0.3 is 0 Å². The maximum atomic E-state index is 13.4. The molecule has 1 fully saturated rings. The summed E-state index contributed by atoms with van der Waals surface area (Å²) in [5.74, 6) is -0.876. The quantitative estimate of drug-likeness (QED) is 0.372. The van der Waals surface area contributed by atoms with Gasteiger partial charge in [0.25, 0.3) is 11.9 Å². The number of anilines is 3. The monoisotopic (exact) mass is 466 g/mol. The number of amides is 1. The Hall–Kier alpha value is -4.06. The van der Waals surface area contributed by atoms with E-state index in [1.165, 1.54) is 12.1 Å². The third-order valence-electron chi connectivity index (χ3n) is 5.38. The van der Waals surface area contributed by atoms with Crippen molar-refractivity contribution >= 4 is 34.5 Å². The predicted molar refractivity (Wildman–Crippen MR) is 121 cm³/mol. The zero-order valence-corrected chi connectivity index (χ0v) is 18.6. The normalized spacial score (nSPS) is 14.4. The third kappa shape index (κ3) is 4.39. The highest BCUT2D eigenvalue weighted by atomic mass is 19.1. The van der Waals surface area contributed by atoms with Gasteiger partial charge in [-0.2, -0.15) is 10.1 Å². The number of fused-ring (bicyclic) bond motifs is 1. The lowest BCUT2D eigenvalue weighted by Gasteiger charge is -2.37. The van der Waals surface area contributed by atoms with Crippen LogP contribution in [0, 0.1) is 5.82 Å². The van der Waals surface area contributed by atoms with E-state index in [9.17, 15) is 14.3 Å². The lowest BCUT2D eigenvalue weighted by Crippen LogP contribution is -2.45. The van der Waals surface area contributed by atoms with Crippen molar-refractivity contribution in [2.75, 3.05) is 23.3 Å². The second kappa shape index (κ2) is 8.06. The van der Waals surface area contributed by atoms with Gasteiger partial charge in [0.2, 0.25) is 0 Å². The zero-order chi connectivity index (χ0) is 24.0. The maximum Gasteiger partial charge on any atom is 0.298 e. The summed E-state index contributed by atoms with van der Waals surface area (Å²) in [6, 6.07) is 4.61. The maximum absolute atomic E-state index is 13.4. The molecular weight excluding hydrogens is 443 g/mol. The van der Waals surface area contributed by atoms with E-state index in [1.807, 2.05) is 4.90 Å². The molecular formula is C22H23FN8O3. The minimum Gasteiger partial charge on any atom is -0.423 e. The van der Waals surface area contributed by atoms with E-state index in [2.05, 4.69) is 25.4 Å². The van der Waals surface area contributed by atoms with Gasteiger partial charge < -0.3 is 25.5 Å². The van der Waals surface area contributed by atoms with Crippen LogP contribution in [-0.4, -0.2) is 54.4 Å². The molecule has 0 unspecified atom stereocenters. The van der Waals surface area contributed by atoms with Gasteiger partial charge in [-0.25, -0.2) is 14.4 Å². The van der Waals surface area contributed by atoms with E-state index >= 15 is 0 Å². The van der Waals surface area contributed by atoms with Crippen LogP contribution in [-0.2, 0) is 6.54 Å². The average molecular weight is 466 g/mol. The van der Waals surface area contributed by atoms with Gasteiger partial charge in [-0.1, -0.05) is 0 Å². The van der Waals surface area contributed by atoms with Crippen LogP contribution in [0.4, 0.5) is 21.9 Å². The Morgan fingerprint density at radius 3 is 2.85 bits per heavy atom. The molecule has 0 radical (unpaired) electrons. The van der Waals surface area contributed by atoms with Crippen molar-refractivity contribution in [3.8, 4) is 0 Å². The third-order valence-corrected chi connectivity index (χ3v) is 5.38. The Balaban J connectivity index is 1.29. The molecule has 0 spiro atoms. The molecule has 0 saturated carbocycles. The SMILES string of the molecule is CC(C)(O)Cn1cc(Nc2ncc(C3CN(c4nc5ccc(F)cc5o4)C3)nc2C(N)=O)cn1. The number of aromatic nitrogens is 5. The standard InChI is InChI=1S/C22H23FN8O3/c1-22(2,33)11-31-10-14(6-26-31)27-20-18(19(24)32)28-16(7-25-20)12-8-30(9-12)21-29-15-4-3-13(23)5-17(15)34-21/h3-7,10,12,33H,8-9,11H2,1-2H3,(H2,24,32)(H,25,27). The van der Waals surface area contributed by atoms with E-state index in [1.54, 1.807) is 43.2 Å². The molecule has 34 heavy (non-hydrogen) atoms. The molecule has 1 saturated heterocycles. The number of nitrogens with two attached hydrogens (primary N) is 1. The summed E-state index contributed by atoms with van der Waals surface area (Å²) in [4.78, 5) is 27.2. The Morgan fingerprint density at radius 1 is 1.32 bits per heavy atom. The number of aliphatic hydroxyl groups is 1. The fraction of sp³-hybridized carbons (Fsp3) is 0.318. The van der Waals surface area contributed by atoms with E-state index in [4.69, 9.17) is 10.2 Å². The number of carbonyl (C=O) groups excluding carboxylic acids is 1. The first kappa shape index (κ1) is 21.8.